The first-order valence-electron chi connectivity index (χ1n) is 7.61. The van der Waals surface area contributed by atoms with E-state index in [4.69, 9.17) is 0 Å². The van der Waals surface area contributed by atoms with E-state index < -0.39 is 0 Å². The fourth-order valence-electron chi connectivity index (χ4n) is 3.52. The Morgan fingerprint density at radius 1 is 1.33 bits per heavy atom. The van der Waals surface area contributed by atoms with E-state index in [0.29, 0.717) is 12.0 Å². The van der Waals surface area contributed by atoms with Crippen LogP contribution in [0.1, 0.15) is 55.1 Å². The molecule has 0 fully saturated rings. The Bertz CT molecular complexity index is 633. The topological polar surface area (TPSA) is 29.9 Å². The molecular weight excluding hydrogens is 326 g/mol. The maximum absolute atomic E-state index is 4.54. The smallest absolute Gasteiger partial charge is 0.0704 e. The van der Waals surface area contributed by atoms with Crippen LogP contribution in [0.15, 0.2) is 34.9 Å². The zero-order chi connectivity index (χ0) is 15.0. The van der Waals surface area contributed by atoms with Crippen LogP contribution in [0.4, 0.5) is 0 Å². The third kappa shape index (κ3) is 2.55. The molecule has 0 saturated heterocycles. The van der Waals surface area contributed by atoms with Gasteiger partial charge in [-0.2, -0.15) is 5.10 Å². The van der Waals surface area contributed by atoms with Crippen LogP contribution >= 0.6 is 15.9 Å². The van der Waals surface area contributed by atoms with Crippen LogP contribution in [0.3, 0.4) is 0 Å². The molecule has 1 heterocycles. The second-order valence-corrected chi connectivity index (χ2v) is 6.88. The summed E-state index contributed by atoms with van der Waals surface area (Å²) in [5.41, 5.74) is 4.24. The summed E-state index contributed by atoms with van der Waals surface area (Å²) in [4.78, 5) is 0. The Morgan fingerprint density at radius 2 is 2.10 bits per heavy atom. The summed E-state index contributed by atoms with van der Waals surface area (Å²) in [5.74, 6) is 0.511. The van der Waals surface area contributed by atoms with E-state index in [0.717, 1.165) is 4.47 Å². The highest BCUT2D eigenvalue weighted by Crippen LogP contribution is 2.43. The van der Waals surface area contributed by atoms with Gasteiger partial charge in [0.15, 0.2) is 0 Å². The number of likely N-dealkylation sites (N-methyl/N-ethyl adjacent to an activating group) is 1. The SMILES string of the molecule is CNC(c1c(Br)cnn1C(C)C)C1CCc2ccccc21. The van der Waals surface area contributed by atoms with Crippen LogP contribution in [0, 0.1) is 0 Å². The fourth-order valence-corrected chi connectivity index (χ4v) is 4.04. The minimum Gasteiger partial charge on any atom is -0.311 e. The van der Waals surface area contributed by atoms with Gasteiger partial charge in [0.25, 0.3) is 0 Å². The number of halogens is 1. The lowest BCUT2D eigenvalue weighted by atomic mass is 9.91. The first-order chi connectivity index (χ1) is 10.1. The summed E-state index contributed by atoms with van der Waals surface area (Å²) < 4.78 is 3.23. The minimum atomic E-state index is 0.285. The molecule has 0 amide bonds. The van der Waals surface area contributed by atoms with Crippen LogP contribution in [-0.4, -0.2) is 16.8 Å². The molecule has 3 rings (SSSR count). The summed E-state index contributed by atoms with van der Waals surface area (Å²) in [6.45, 7) is 4.36. The summed E-state index contributed by atoms with van der Waals surface area (Å²) in [7, 11) is 2.05. The highest BCUT2D eigenvalue weighted by molar-refractivity contribution is 9.10. The van der Waals surface area contributed by atoms with Crippen molar-refractivity contribution in [2.45, 2.75) is 44.7 Å². The number of hydrogen-bond donors (Lipinski definition) is 1. The summed E-state index contributed by atoms with van der Waals surface area (Å²) >= 11 is 3.69. The Balaban J connectivity index is 2.03. The van der Waals surface area contributed by atoms with Crippen LogP contribution in [0.25, 0.3) is 0 Å². The Labute approximate surface area is 134 Å². The second kappa shape index (κ2) is 5.93. The van der Waals surface area contributed by atoms with E-state index >= 15 is 0 Å². The Kier molecular flexibility index (Phi) is 4.18. The van der Waals surface area contributed by atoms with Crippen molar-refractivity contribution >= 4 is 15.9 Å². The van der Waals surface area contributed by atoms with Gasteiger partial charge in [-0.25, -0.2) is 0 Å². The number of rotatable bonds is 4. The monoisotopic (exact) mass is 347 g/mol. The van der Waals surface area contributed by atoms with Crippen molar-refractivity contribution in [3.05, 3.63) is 51.8 Å². The lowest BCUT2D eigenvalue weighted by molar-refractivity contribution is 0.412. The number of fused-ring (bicyclic) bond motifs is 1. The molecule has 1 aliphatic rings. The minimum absolute atomic E-state index is 0.285. The molecule has 1 aromatic heterocycles. The molecule has 0 radical (unpaired) electrons. The van der Waals surface area contributed by atoms with Gasteiger partial charge < -0.3 is 5.32 Å². The van der Waals surface area contributed by atoms with Crippen molar-refractivity contribution in [2.24, 2.45) is 0 Å². The number of nitrogens with zero attached hydrogens (tertiary/aromatic N) is 2. The highest BCUT2D eigenvalue weighted by atomic mass is 79.9. The average Bonchev–Trinajstić information content (AvgIpc) is 3.06. The van der Waals surface area contributed by atoms with Crippen molar-refractivity contribution in [3.8, 4) is 0 Å². The van der Waals surface area contributed by atoms with Crippen molar-refractivity contribution < 1.29 is 0 Å². The molecular formula is C17H22BrN3. The van der Waals surface area contributed by atoms with E-state index in [9.17, 15) is 0 Å². The third-order valence-corrected chi connectivity index (χ3v) is 5.07. The van der Waals surface area contributed by atoms with Crippen LogP contribution in [-0.2, 0) is 6.42 Å². The quantitative estimate of drug-likeness (QED) is 0.897. The van der Waals surface area contributed by atoms with Gasteiger partial charge in [0.1, 0.15) is 0 Å². The molecule has 0 aliphatic heterocycles. The molecule has 1 aliphatic carbocycles. The van der Waals surface area contributed by atoms with Gasteiger partial charge in [-0.3, -0.25) is 4.68 Å². The van der Waals surface area contributed by atoms with E-state index in [1.54, 1.807) is 0 Å². The molecule has 0 bridgehead atoms. The molecule has 1 aromatic carbocycles. The highest BCUT2D eigenvalue weighted by Gasteiger charge is 2.33. The first kappa shape index (κ1) is 14.8. The molecule has 0 saturated carbocycles. The average molecular weight is 348 g/mol. The largest absolute Gasteiger partial charge is 0.311 e. The van der Waals surface area contributed by atoms with E-state index in [1.165, 1.54) is 29.7 Å². The summed E-state index contributed by atoms with van der Waals surface area (Å²) in [6, 6.07) is 9.48. The number of aromatic nitrogens is 2. The lowest BCUT2D eigenvalue weighted by Gasteiger charge is -2.26. The van der Waals surface area contributed by atoms with Gasteiger partial charge in [0, 0.05) is 12.0 Å². The van der Waals surface area contributed by atoms with Crippen molar-refractivity contribution in [2.75, 3.05) is 7.05 Å². The van der Waals surface area contributed by atoms with Gasteiger partial charge in [0.2, 0.25) is 0 Å². The molecule has 0 spiro atoms. The number of benzene rings is 1. The molecule has 112 valence electrons. The molecule has 2 aromatic rings. The van der Waals surface area contributed by atoms with Gasteiger partial charge in [-0.05, 0) is 60.8 Å². The van der Waals surface area contributed by atoms with Gasteiger partial charge in [-0.15, -0.1) is 0 Å². The molecule has 4 heteroatoms. The van der Waals surface area contributed by atoms with Crippen LogP contribution < -0.4 is 5.32 Å². The summed E-state index contributed by atoms with van der Waals surface area (Å²) in [5, 5.41) is 8.07. The predicted molar refractivity (Wildman–Crippen MR) is 89.6 cm³/mol. The Morgan fingerprint density at radius 3 is 2.81 bits per heavy atom. The van der Waals surface area contributed by atoms with Gasteiger partial charge >= 0.3 is 0 Å². The van der Waals surface area contributed by atoms with Crippen LogP contribution in [0.2, 0.25) is 0 Å². The lowest BCUT2D eigenvalue weighted by Crippen LogP contribution is -2.26. The fraction of sp³-hybridized carbons (Fsp3) is 0.471. The van der Waals surface area contributed by atoms with E-state index in [-0.39, 0.29) is 6.04 Å². The zero-order valence-electron chi connectivity index (χ0n) is 12.8. The standard InChI is InChI=1S/C17H22BrN3/c1-11(2)21-17(15(18)10-20-21)16(19-3)14-9-8-12-6-4-5-7-13(12)14/h4-7,10-11,14,16,19H,8-9H2,1-3H3. The first-order valence-corrected chi connectivity index (χ1v) is 8.40. The van der Waals surface area contributed by atoms with Crippen molar-refractivity contribution in [1.29, 1.82) is 0 Å². The maximum Gasteiger partial charge on any atom is 0.0704 e. The van der Waals surface area contributed by atoms with Gasteiger partial charge in [0.05, 0.1) is 22.4 Å². The maximum atomic E-state index is 4.54. The molecule has 1 N–H and O–H groups in total. The summed E-state index contributed by atoms with van der Waals surface area (Å²) in [6.07, 6.45) is 4.29. The second-order valence-electron chi connectivity index (χ2n) is 6.03. The number of nitrogens with one attached hydrogen (secondary N) is 1. The van der Waals surface area contributed by atoms with Crippen LogP contribution in [0.5, 0.6) is 0 Å². The normalized spacial score (nSPS) is 19.0. The molecule has 2 atom stereocenters. The predicted octanol–water partition coefficient (Wildman–Crippen LogP) is 4.22. The zero-order valence-corrected chi connectivity index (χ0v) is 14.4. The Hall–Kier alpha value is -1.13. The van der Waals surface area contributed by atoms with E-state index in [1.807, 2.05) is 6.20 Å². The van der Waals surface area contributed by atoms with Gasteiger partial charge in [-0.1, -0.05) is 24.3 Å². The van der Waals surface area contributed by atoms with Crippen molar-refractivity contribution in [3.63, 3.8) is 0 Å². The van der Waals surface area contributed by atoms with Crippen molar-refractivity contribution in [1.82, 2.24) is 15.1 Å². The number of hydrogen-bond acceptors (Lipinski definition) is 2. The third-order valence-electron chi connectivity index (χ3n) is 4.46. The number of aryl methyl sites for hydroxylation is 1. The van der Waals surface area contributed by atoms with E-state index in [2.05, 4.69) is 76.2 Å². The molecule has 2 unspecified atom stereocenters. The molecule has 3 nitrogen and oxygen atoms in total. The molecule has 21 heavy (non-hydrogen) atoms.